The summed E-state index contributed by atoms with van der Waals surface area (Å²) in [7, 11) is 0. The van der Waals surface area contributed by atoms with Gasteiger partial charge in [-0.05, 0) is 64.2 Å². The molecule has 6 heteroatoms. The van der Waals surface area contributed by atoms with Crippen molar-refractivity contribution in [3.05, 3.63) is 36.5 Å². The zero-order chi connectivity index (χ0) is 54.3. The van der Waals surface area contributed by atoms with Crippen LogP contribution in [0.5, 0.6) is 0 Å². The summed E-state index contributed by atoms with van der Waals surface area (Å²) in [4.78, 5) is 24.6. The summed E-state index contributed by atoms with van der Waals surface area (Å²) in [6.45, 7) is 4.90. The van der Waals surface area contributed by atoms with Gasteiger partial charge in [-0.3, -0.25) is 9.59 Å². The van der Waals surface area contributed by atoms with Crippen molar-refractivity contribution in [2.45, 2.75) is 379 Å². The first-order chi connectivity index (χ1) is 37.0. The van der Waals surface area contributed by atoms with E-state index in [-0.39, 0.29) is 18.5 Å². The van der Waals surface area contributed by atoms with Gasteiger partial charge in [-0.2, -0.15) is 0 Å². The lowest BCUT2D eigenvalue weighted by Crippen LogP contribution is -2.45. The van der Waals surface area contributed by atoms with E-state index in [9.17, 15) is 19.8 Å². The second-order valence-electron chi connectivity index (χ2n) is 23.2. The Labute approximate surface area is 468 Å². The molecule has 0 saturated heterocycles. The first-order valence-corrected chi connectivity index (χ1v) is 33.8. The van der Waals surface area contributed by atoms with Crippen molar-refractivity contribution >= 4 is 11.9 Å². The molecule has 0 aliphatic heterocycles. The summed E-state index contributed by atoms with van der Waals surface area (Å²) in [6.07, 6.45) is 82.0. The van der Waals surface area contributed by atoms with Crippen LogP contribution >= 0.6 is 0 Å². The second-order valence-corrected chi connectivity index (χ2v) is 23.2. The van der Waals surface area contributed by atoms with E-state index in [1.165, 1.54) is 289 Å². The molecule has 0 saturated carbocycles. The van der Waals surface area contributed by atoms with Crippen molar-refractivity contribution in [1.29, 1.82) is 0 Å². The SMILES string of the molecule is CCCCC/C=C\C/C=C\CCCCCCCC(=O)OCCCCCCCCCCCCCCCCCCCCCCCCCCCC(=O)NC(CO)C(O)/C=C/CCCCCCCCCCCCCCCCCC. The Morgan fingerprint density at radius 3 is 1.04 bits per heavy atom. The van der Waals surface area contributed by atoms with Gasteiger partial charge >= 0.3 is 5.97 Å². The molecule has 2 atom stereocenters. The summed E-state index contributed by atoms with van der Waals surface area (Å²) < 4.78 is 5.48. The molecule has 0 aromatic rings. The van der Waals surface area contributed by atoms with Gasteiger partial charge in [0, 0.05) is 12.8 Å². The standard InChI is InChI=1S/C69H131NO5/c1-3-5-7-9-11-13-15-17-19-20-30-34-37-41-45-49-53-57-61-67(72)66(65-71)70-68(73)62-58-54-50-46-42-38-35-31-28-26-24-22-21-23-25-27-29-32-36-40-44-48-52-56-60-64-75-69(74)63-59-55-51-47-43-39-33-18-16-14-12-10-8-6-4-2/h12,14,18,33,57,61,66-67,71-72H,3-11,13,15-17,19-32,34-56,58-60,62-65H2,1-2H3,(H,70,73)/b14-12-,33-18-,61-57+. The summed E-state index contributed by atoms with van der Waals surface area (Å²) in [5.41, 5.74) is 0. The zero-order valence-electron chi connectivity index (χ0n) is 50.5. The summed E-state index contributed by atoms with van der Waals surface area (Å²) in [5, 5.41) is 23.2. The van der Waals surface area contributed by atoms with Crippen molar-refractivity contribution < 1.29 is 24.5 Å². The predicted molar refractivity (Wildman–Crippen MR) is 329 cm³/mol. The van der Waals surface area contributed by atoms with Crippen LogP contribution in [0.25, 0.3) is 0 Å². The van der Waals surface area contributed by atoms with Gasteiger partial charge < -0.3 is 20.3 Å². The highest BCUT2D eigenvalue weighted by atomic mass is 16.5. The number of carbonyl (C=O) groups excluding carboxylic acids is 2. The third-order valence-corrected chi connectivity index (χ3v) is 15.7. The maximum atomic E-state index is 12.5. The number of nitrogens with one attached hydrogen (secondary N) is 1. The van der Waals surface area contributed by atoms with E-state index in [0.717, 1.165) is 51.4 Å². The van der Waals surface area contributed by atoms with Crippen LogP contribution in [0.3, 0.4) is 0 Å². The van der Waals surface area contributed by atoms with Gasteiger partial charge in [0.2, 0.25) is 5.91 Å². The van der Waals surface area contributed by atoms with E-state index in [1.54, 1.807) is 6.08 Å². The normalized spacial score (nSPS) is 12.7. The number of allylic oxidation sites excluding steroid dienone is 5. The molecule has 0 spiro atoms. The molecule has 442 valence electrons. The van der Waals surface area contributed by atoms with Crippen LogP contribution in [0.15, 0.2) is 36.5 Å². The van der Waals surface area contributed by atoms with E-state index in [4.69, 9.17) is 4.74 Å². The number of hydrogen-bond donors (Lipinski definition) is 3. The van der Waals surface area contributed by atoms with Crippen molar-refractivity contribution in [2.75, 3.05) is 13.2 Å². The van der Waals surface area contributed by atoms with Gasteiger partial charge in [0.25, 0.3) is 0 Å². The average Bonchev–Trinajstić information content (AvgIpc) is 3.41. The molecule has 75 heavy (non-hydrogen) atoms. The highest BCUT2D eigenvalue weighted by molar-refractivity contribution is 5.76. The Balaban J connectivity index is 3.39. The Hall–Kier alpha value is -1.92. The van der Waals surface area contributed by atoms with E-state index < -0.39 is 12.1 Å². The molecule has 0 aliphatic carbocycles. The summed E-state index contributed by atoms with van der Waals surface area (Å²) in [5.74, 6) is -0.0614. The molecule has 3 N–H and O–H groups in total. The van der Waals surface area contributed by atoms with Crippen LogP contribution in [0.1, 0.15) is 367 Å². The number of carbonyl (C=O) groups is 2. The number of aliphatic hydroxyl groups is 2. The van der Waals surface area contributed by atoms with E-state index in [2.05, 4.69) is 43.5 Å². The highest BCUT2D eigenvalue weighted by Gasteiger charge is 2.18. The predicted octanol–water partition coefficient (Wildman–Crippen LogP) is 21.5. The molecule has 0 radical (unpaired) electrons. The fourth-order valence-electron chi connectivity index (χ4n) is 10.5. The third kappa shape index (κ3) is 61.2. The molecular weight excluding hydrogens is 923 g/mol. The molecule has 2 unspecified atom stereocenters. The third-order valence-electron chi connectivity index (χ3n) is 15.7. The number of rotatable bonds is 63. The average molecular weight is 1050 g/mol. The molecule has 1 amide bonds. The lowest BCUT2D eigenvalue weighted by molar-refractivity contribution is -0.143. The molecule has 0 fully saturated rings. The van der Waals surface area contributed by atoms with E-state index >= 15 is 0 Å². The molecular formula is C69H131NO5. The number of aliphatic hydroxyl groups excluding tert-OH is 2. The number of hydrogen-bond acceptors (Lipinski definition) is 5. The van der Waals surface area contributed by atoms with Crippen LogP contribution in [-0.2, 0) is 14.3 Å². The monoisotopic (exact) mass is 1050 g/mol. The quantitative estimate of drug-likeness (QED) is 0.0320. The van der Waals surface area contributed by atoms with Crippen LogP contribution < -0.4 is 5.32 Å². The Kier molecular flexibility index (Phi) is 63.0. The zero-order valence-corrected chi connectivity index (χ0v) is 50.5. The number of amides is 1. The van der Waals surface area contributed by atoms with Gasteiger partial charge in [0.15, 0.2) is 0 Å². The largest absolute Gasteiger partial charge is 0.466 e. The van der Waals surface area contributed by atoms with Gasteiger partial charge in [0.1, 0.15) is 0 Å². The van der Waals surface area contributed by atoms with E-state index in [0.29, 0.717) is 19.4 Å². The molecule has 0 heterocycles. The van der Waals surface area contributed by atoms with Crippen molar-refractivity contribution in [3.8, 4) is 0 Å². The number of unbranched alkanes of at least 4 members (excludes halogenated alkanes) is 48. The highest BCUT2D eigenvalue weighted by Crippen LogP contribution is 2.18. The van der Waals surface area contributed by atoms with Gasteiger partial charge in [-0.1, -0.05) is 326 Å². The van der Waals surface area contributed by atoms with Gasteiger partial charge in [-0.15, -0.1) is 0 Å². The first kappa shape index (κ1) is 73.1. The second kappa shape index (κ2) is 64.6. The van der Waals surface area contributed by atoms with Crippen LogP contribution in [-0.4, -0.2) is 47.4 Å². The Bertz CT molecular complexity index is 1210. The van der Waals surface area contributed by atoms with Crippen LogP contribution in [0.4, 0.5) is 0 Å². The molecule has 0 aliphatic rings. The van der Waals surface area contributed by atoms with E-state index in [1.807, 2.05) is 6.08 Å². The molecule has 6 nitrogen and oxygen atoms in total. The van der Waals surface area contributed by atoms with Crippen molar-refractivity contribution in [3.63, 3.8) is 0 Å². The minimum atomic E-state index is -0.844. The van der Waals surface area contributed by atoms with Crippen LogP contribution in [0.2, 0.25) is 0 Å². The fourth-order valence-corrected chi connectivity index (χ4v) is 10.5. The minimum absolute atomic E-state index is 0.00222. The fraction of sp³-hybridized carbons (Fsp3) is 0.884. The lowest BCUT2D eigenvalue weighted by Gasteiger charge is -2.20. The molecule has 0 rings (SSSR count). The Morgan fingerprint density at radius 1 is 0.373 bits per heavy atom. The summed E-state index contributed by atoms with van der Waals surface area (Å²) >= 11 is 0. The number of ether oxygens (including phenoxy) is 1. The van der Waals surface area contributed by atoms with Gasteiger partial charge in [0.05, 0.1) is 25.4 Å². The summed E-state index contributed by atoms with van der Waals surface area (Å²) in [6, 6.07) is -0.627. The van der Waals surface area contributed by atoms with Crippen molar-refractivity contribution in [1.82, 2.24) is 5.32 Å². The maximum absolute atomic E-state index is 12.5. The maximum Gasteiger partial charge on any atom is 0.305 e. The number of esters is 1. The molecule has 0 aromatic heterocycles. The minimum Gasteiger partial charge on any atom is -0.466 e. The Morgan fingerprint density at radius 2 is 0.667 bits per heavy atom. The first-order valence-electron chi connectivity index (χ1n) is 33.8. The van der Waals surface area contributed by atoms with Gasteiger partial charge in [-0.25, -0.2) is 0 Å². The molecule has 0 aromatic carbocycles. The van der Waals surface area contributed by atoms with Crippen molar-refractivity contribution in [2.24, 2.45) is 0 Å². The molecule has 0 bridgehead atoms. The smallest absolute Gasteiger partial charge is 0.305 e. The lowest BCUT2D eigenvalue weighted by atomic mass is 10.0. The topological polar surface area (TPSA) is 95.9 Å². The van der Waals surface area contributed by atoms with Crippen LogP contribution in [0, 0.1) is 0 Å².